The Morgan fingerprint density at radius 3 is 2.35 bits per heavy atom. The van der Waals surface area contributed by atoms with Crippen molar-refractivity contribution in [3.8, 4) is 17.2 Å². The summed E-state index contributed by atoms with van der Waals surface area (Å²) in [6.45, 7) is 2.59. The van der Waals surface area contributed by atoms with E-state index in [2.05, 4.69) is 0 Å². The van der Waals surface area contributed by atoms with Crippen LogP contribution in [0.3, 0.4) is 0 Å². The molecular formula is C14H13ClO2. The van der Waals surface area contributed by atoms with Gasteiger partial charge in [0.25, 0.3) is 0 Å². The SMILES string of the molecule is CCOc1cccc(Oc2ccc(Cl)cc2)c1. The van der Waals surface area contributed by atoms with Gasteiger partial charge in [-0.05, 0) is 43.3 Å². The molecule has 0 atom stereocenters. The molecule has 0 aromatic heterocycles. The molecule has 2 rings (SSSR count). The third-order valence-corrected chi connectivity index (χ3v) is 2.42. The highest BCUT2D eigenvalue weighted by atomic mass is 35.5. The van der Waals surface area contributed by atoms with Crippen molar-refractivity contribution >= 4 is 11.6 Å². The van der Waals surface area contributed by atoms with Gasteiger partial charge in [-0.25, -0.2) is 0 Å². The van der Waals surface area contributed by atoms with Crippen LogP contribution in [-0.4, -0.2) is 6.61 Å². The van der Waals surface area contributed by atoms with Crippen LogP contribution in [0.25, 0.3) is 0 Å². The third-order valence-electron chi connectivity index (χ3n) is 2.17. The minimum atomic E-state index is 0.643. The van der Waals surface area contributed by atoms with Crippen molar-refractivity contribution in [3.05, 3.63) is 53.6 Å². The van der Waals surface area contributed by atoms with Gasteiger partial charge in [-0.15, -0.1) is 0 Å². The molecule has 0 saturated heterocycles. The predicted molar refractivity (Wildman–Crippen MR) is 69.1 cm³/mol. The lowest BCUT2D eigenvalue weighted by Gasteiger charge is -2.08. The monoisotopic (exact) mass is 248 g/mol. The van der Waals surface area contributed by atoms with Crippen LogP contribution in [0.5, 0.6) is 17.2 Å². The molecule has 0 amide bonds. The summed E-state index contributed by atoms with van der Waals surface area (Å²) in [4.78, 5) is 0. The maximum absolute atomic E-state index is 5.81. The summed E-state index contributed by atoms with van der Waals surface area (Å²) >= 11 is 5.81. The van der Waals surface area contributed by atoms with E-state index in [4.69, 9.17) is 21.1 Å². The molecule has 2 aromatic carbocycles. The normalized spacial score (nSPS) is 10.0. The number of hydrogen-bond donors (Lipinski definition) is 0. The lowest BCUT2D eigenvalue weighted by molar-refractivity contribution is 0.338. The zero-order valence-corrected chi connectivity index (χ0v) is 10.3. The molecule has 0 heterocycles. The molecule has 3 heteroatoms. The van der Waals surface area contributed by atoms with Gasteiger partial charge in [0.05, 0.1) is 6.61 Å². The molecule has 0 aliphatic carbocycles. The molecule has 0 aliphatic heterocycles. The Labute approximate surface area is 106 Å². The van der Waals surface area contributed by atoms with E-state index < -0.39 is 0 Å². The molecule has 0 fully saturated rings. The van der Waals surface area contributed by atoms with E-state index >= 15 is 0 Å². The zero-order valence-electron chi connectivity index (χ0n) is 9.52. The Morgan fingerprint density at radius 2 is 1.65 bits per heavy atom. The fraction of sp³-hybridized carbons (Fsp3) is 0.143. The van der Waals surface area contributed by atoms with Crippen LogP contribution in [0.1, 0.15) is 6.92 Å². The average Bonchev–Trinajstić information content (AvgIpc) is 2.33. The lowest BCUT2D eigenvalue weighted by Crippen LogP contribution is -1.91. The van der Waals surface area contributed by atoms with Crippen molar-refractivity contribution in [3.63, 3.8) is 0 Å². The van der Waals surface area contributed by atoms with E-state index in [0.717, 1.165) is 17.2 Å². The van der Waals surface area contributed by atoms with Gasteiger partial charge in [-0.1, -0.05) is 17.7 Å². The first kappa shape index (κ1) is 11.8. The van der Waals surface area contributed by atoms with E-state index in [0.29, 0.717) is 11.6 Å². The highest BCUT2D eigenvalue weighted by Crippen LogP contribution is 2.26. The second-order valence-corrected chi connectivity index (χ2v) is 3.90. The highest BCUT2D eigenvalue weighted by molar-refractivity contribution is 6.30. The average molecular weight is 249 g/mol. The Bertz CT molecular complexity index is 480. The maximum Gasteiger partial charge on any atom is 0.131 e. The minimum Gasteiger partial charge on any atom is -0.494 e. The van der Waals surface area contributed by atoms with Crippen molar-refractivity contribution in [1.29, 1.82) is 0 Å². The van der Waals surface area contributed by atoms with Crippen LogP contribution in [0.2, 0.25) is 5.02 Å². The summed E-state index contributed by atoms with van der Waals surface area (Å²) in [6.07, 6.45) is 0. The van der Waals surface area contributed by atoms with E-state index in [1.807, 2.05) is 43.3 Å². The van der Waals surface area contributed by atoms with Gasteiger partial charge in [-0.3, -0.25) is 0 Å². The number of hydrogen-bond acceptors (Lipinski definition) is 2. The van der Waals surface area contributed by atoms with Crippen LogP contribution >= 0.6 is 11.6 Å². The second kappa shape index (κ2) is 5.60. The fourth-order valence-corrected chi connectivity index (χ4v) is 1.56. The van der Waals surface area contributed by atoms with Crippen molar-refractivity contribution in [2.24, 2.45) is 0 Å². The van der Waals surface area contributed by atoms with Gasteiger partial charge in [-0.2, -0.15) is 0 Å². The zero-order chi connectivity index (χ0) is 12.1. The molecular weight excluding hydrogens is 236 g/mol. The van der Waals surface area contributed by atoms with Crippen molar-refractivity contribution in [2.75, 3.05) is 6.61 Å². The molecule has 17 heavy (non-hydrogen) atoms. The predicted octanol–water partition coefficient (Wildman–Crippen LogP) is 4.53. The van der Waals surface area contributed by atoms with Crippen LogP contribution < -0.4 is 9.47 Å². The Balaban J connectivity index is 2.12. The van der Waals surface area contributed by atoms with Crippen LogP contribution in [0, 0.1) is 0 Å². The van der Waals surface area contributed by atoms with E-state index in [1.165, 1.54) is 0 Å². The van der Waals surface area contributed by atoms with Gasteiger partial charge < -0.3 is 9.47 Å². The summed E-state index contributed by atoms with van der Waals surface area (Å²) in [5.41, 5.74) is 0. The van der Waals surface area contributed by atoms with Crippen LogP contribution in [-0.2, 0) is 0 Å². The Kier molecular flexibility index (Phi) is 3.89. The quantitative estimate of drug-likeness (QED) is 0.791. The minimum absolute atomic E-state index is 0.643. The second-order valence-electron chi connectivity index (χ2n) is 3.46. The number of halogens is 1. The summed E-state index contributed by atoms with van der Waals surface area (Å²) in [5.74, 6) is 2.31. The van der Waals surface area contributed by atoms with Gasteiger partial charge in [0, 0.05) is 11.1 Å². The van der Waals surface area contributed by atoms with Crippen LogP contribution in [0.15, 0.2) is 48.5 Å². The molecule has 0 unspecified atom stereocenters. The van der Waals surface area contributed by atoms with Crippen molar-refractivity contribution in [2.45, 2.75) is 6.92 Å². The standard InChI is InChI=1S/C14H13ClO2/c1-2-16-13-4-3-5-14(10-13)17-12-8-6-11(15)7-9-12/h3-10H,2H2,1H3. The number of benzene rings is 2. The fourth-order valence-electron chi connectivity index (χ4n) is 1.43. The van der Waals surface area contributed by atoms with Crippen molar-refractivity contribution < 1.29 is 9.47 Å². The largest absolute Gasteiger partial charge is 0.494 e. The summed E-state index contributed by atoms with van der Waals surface area (Å²) < 4.78 is 11.1. The Hall–Kier alpha value is -1.67. The first-order chi connectivity index (χ1) is 8.28. The molecule has 0 spiro atoms. The van der Waals surface area contributed by atoms with Crippen molar-refractivity contribution in [1.82, 2.24) is 0 Å². The maximum atomic E-state index is 5.81. The van der Waals surface area contributed by atoms with E-state index in [-0.39, 0.29) is 0 Å². The van der Waals surface area contributed by atoms with Gasteiger partial charge in [0.1, 0.15) is 17.2 Å². The molecule has 0 bridgehead atoms. The summed E-state index contributed by atoms with van der Waals surface area (Å²) in [6, 6.07) is 14.8. The van der Waals surface area contributed by atoms with Gasteiger partial charge in [0.2, 0.25) is 0 Å². The number of ether oxygens (including phenoxy) is 2. The Morgan fingerprint density at radius 1 is 0.941 bits per heavy atom. The molecule has 0 N–H and O–H groups in total. The molecule has 0 radical (unpaired) electrons. The molecule has 0 saturated carbocycles. The third kappa shape index (κ3) is 3.40. The lowest BCUT2D eigenvalue weighted by atomic mass is 10.3. The van der Waals surface area contributed by atoms with Gasteiger partial charge >= 0.3 is 0 Å². The summed E-state index contributed by atoms with van der Waals surface area (Å²) in [7, 11) is 0. The molecule has 88 valence electrons. The van der Waals surface area contributed by atoms with Gasteiger partial charge in [0.15, 0.2) is 0 Å². The number of rotatable bonds is 4. The van der Waals surface area contributed by atoms with E-state index in [1.54, 1.807) is 12.1 Å². The first-order valence-electron chi connectivity index (χ1n) is 5.44. The molecule has 0 aliphatic rings. The molecule has 2 aromatic rings. The smallest absolute Gasteiger partial charge is 0.131 e. The van der Waals surface area contributed by atoms with E-state index in [9.17, 15) is 0 Å². The molecule has 2 nitrogen and oxygen atoms in total. The first-order valence-corrected chi connectivity index (χ1v) is 5.82. The highest BCUT2D eigenvalue weighted by Gasteiger charge is 1.99. The topological polar surface area (TPSA) is 18.5 Å². The van der Waals surface area contributed by atoms with Crippen LogP contribution in [0.4, 0.5) is 0 Å². The summed E-state index contributed by atoms with van der Waals surface area (Å²) in [5, 5.41) is 0.695.